The van der Waals surface area contributed by atoms with Gasteiger partial charge in [-0.05, 0) is 6.07 Å². The molecule has 3 aromatic rings. The fourth-order valence-electron chi connectivity index (χ4n) is 2.51. The molecule has 0 bridgehead atoms. The first-order chi connectivity index (χ1) is 13.3. The van der Waals surface area contributed by atoms with Crippen LogP contribution in [0.1, 0.15) is 19.7 Å². The minimum atomic E-state index is -3.25. The summed E-state index contributed by atoms with van der Waals surface area (Å²) >= 11 is 0. The van der Waals surface area contributed by atoms with Crippen LogP contribution in [0.25, 0.3) is 16.7 Å². The quantitative estimate of drug-likeness (QED) is 0.623. The van der Waals surface area contributed by atoms with Gasteiger partial charge in [0.2, 0.25) is 17.6 Å². The van der Waals surface area contributed by atoms with Crippen LogP contribution in [0.3, 0.4) is 0 Å². The van der Waals surface area contributed by atoms with Gasteiger partial charge in [0.15, 0.2) is 0 Å². The fourth-order valence-corrected chi connectivity index (χ4v) is 2.51. The van der Waals surface area contributed by atoms with Gasteiger partial charge in [-0.25, -0.2) is 9.97 Å². The van der Waals surface area contributed by atoms with Crippen molar-refractivity contribution >= 4 is 22.6 Å². The molecule has 1 amide bonds. The predicted octanol–water partition coefficient (Wildman–Crippen LogP) is 2.91. The van der Waals surface area contributed by atoms with Crippen molar-refractivity contribution in [3.63, 3.8) is 0 Å². The second-order valence-electron chi connectivity index (χ2n) is 6.11. The molecule has 0 unspecified atom stereocenters. The van der Waals surface area contributed by atoms with Gasteiger partial charge in [0.05, 0.1) is 12.1 Å². The molecule has 0 aromatic carbocycles. The number of halogens is 2. The van der Waals surface area contributed by atoms with Crippen LogP contribution in [-0.2, 0) is 15.5 Å². The molecule has 0 radical (unpaired) electrons. The molecule has 0 saturated carbocycles. The van der Waals surface area contributed by atoms with E-state index in [2.05, 4.69) is 20.3 Å². The Morgan fingerprint density at radius 3 is 2.75 bits per heavy atom. The highest BCUT2D eigenvalue weighted by Gasteiger charge is 2.30. The molecule has 8 nitrogen and oxygen atoms in total. The van der Waals surface area contributed by atoms with E-state index in [4.69, 9.17) is 9.47 Å². The molecule has 1 N–H and O–H groups in total. The number of nitrogens with zero attached hydrogens (tertiary/aromatic N) is 4. The number of amides is 1. The summed E-state index contributed by atoms with van der Waals surface area (Å²) in [5, 5.41) is 3.34. The van der Waals surface area contributed by atoms with Crippen molar-refractivity contribution in [2.24, 2.45) is 0 Å². The number of carbonyl (C=O) groups excluding carboxylic acids is 1. The first-order valence-electron chi connectivity index (χ1n) is 8.42. The minimum absolute atomic E-state index is 0.0107. The maximum atomic E-state index is 13.9. The van der Waals surface area contributed by atoms with E-state index in [9.17, 15) is 13.6 Å². The van der Waals surface area contributed by atoms with Crippen molar-refractivity contribution < 1.29 is 23.0 Å². The van der Waals surface area contributed by atoms with E-state index in [1.807, 2.05) is 0 Å². The lowest BCUT2D eigenvalue weighted by atomic mass is 10.3. The summed E-state index contributed by atoms with van der Waals surface area (Å²) in [5.74, 6) is -3.62. The summed E-state index contributed by atoms with van der Waals surface area (Å²) in [7, 11) is 1.51. The fraction of sp³-hybridized carbons (Fsp3) is 0.333. The maximum absolute atomic E-state index is 13.9. The van der Waals surface area contributed by atoms with E-state index in [0.29, 0.717) is 11.3 Å². The van der Waals surface area contributed by atoms with Crippen LogP contribution in [0.5, 0.6) is 5.88 Å². The molecule has 3 heterocycles. The van der Waals surface area contributed by atoms with Crippen LogP contribution in [-0.4, -0.2) is 45.7 Å². The van der Waals surface area contributed by atoms with E-state index in [1.54, 1.807) is 29.1 Å². The van der Waals surface area contributed by atoms with Crippen LogP contribution >= 0.6 is 0 Å². The van der Waals surface area contributed by atoms with Gasteiger partial charge in [-0.2, -0.15) is 13.8 Å². The highest BCUT2D eigenvalue weighted by molar-refractivity contribution is 5.91. The molecular formula is C18H19F2N5O3. The third-order valence-corrected chi connectivity index (χ3v) is 3.74. The second-order valence-corrected chi connectivity index (χ2v) is 6.11. The summed E-state index contributed by atoms with van der Waals surface area (Å²) in [5.41, 5.74) is 0.630. The Kier molecular flexibility index (Phi) is 5.50. The monoisotopic (exact) mass is 391 g/mol. The van der Waals surface area contributed by atoms with E-state index < -0.39 is 11.7 Å². The number of methoxy groups -OCH3 is 1. The number of carbonyl (C=O) groups is 1. The SMILES string of the molecule is COCCOc1cc(-n2ccc3cnc(NC(C)=O)cc32)nc(C(C)(F)F)n1. The number of fused-ring (bicyclic) bond motifs is 1. The van der Waals surface area contributed by atoms with Gasteiger partial charge in [0, 0.05) is 50.9 Å². The second kappa shape index (κ2) is 7.85. The summed E-state index contributed by atoms with van der Waals surface area (Å²) in [6.45, 7) is 2.53. The zero-order valence-electron chi connectivity index (χ0n) is 15.6. The van der Waals surface area contributed by atoms with Gasteiger partial charge in [-0.3, -0.25) is 4.79 Å². The van der Waals surface area contributed by atoms with Gasteiger partial charge in [-0.1, -0.05) is 0 Å². The molecule has 3 rings (SSSR count). The zero-order chi connectivity index (χ0) is 20.3. The van der Waals surface area contributed by atoms with Crippen LogP contribution < -0.4 is 10.1 Å². The Morgan fingerprint density at radius 1 is 1.29 bits per heavy atom. The average molecular weight is 391 g/mol. The van der Waals surface area contributed by atoms with Crippen molar-refractivity contribution in [3.8, 4) is 11.7 Å². The van der Waals surface area contributed by atoms with Crippen molar-refractivity contribution in [3.05, 3.63) is 36.4 Å². The number of hydrogen-bond acceptors (Lipinski definition) is 6. The third-order valence-electron chi connectivity index (χ3n) is 3.74. The lowest BCUT2D eigenvalue weighted by Crippen LogP contribution is -2.16. The molecule has 3 aromatic heterocycles. The largest absolute Gasteiger partial charge is 0.475 e. The Morgan fingerprint density at radius 2 is 2.07 bits per heavy atom. The molecule has 0 saturated heterocycles. The Balaban J connectivity index is 2.08. The summed E-state index contributed by atoms with van der Waals surface area (Å²) < 4.78 is 39.7. The van der Waals surface area contributed by atoms with Crippen LogP contribution in [0.15, 0.2) is 30.6 Å². The van der Waals surface area contributed by atoms with Gasteiger partial charge in [-0.15, -0.1) is 0 Å². The first-order valence-corrected chi connectivity index (χ1v) is 8.42. The van der Waals surface area contributed by atoms with Crippen molar-refractivity contribution in [1.29, 1.82) is 0 Å². The van der Waals surface area contributed by atoms with E-state index in [0.717, 1.165) is 12.3 Å². The minimum Gasteiger partial charge on any atom is -0.475 e. The smallest absolute Gasteiger partial charge is 0.304 e. The highest BCUT2D eigenvalue weighted by atomic mass is 19.3. The maximum Gasteiger partial charge on any atom is 0.304 e. The van der Waals surface area contributed by atoms with Gasteiger partial charge >= 0.3 is 5.92 Å². The molecule has 0 spiro atoms. The molecule has 0 aliphatic rings. The number of ether oxygens (including phenoxy) is 2. The van der Waals surface area contributed by atoms with E-state index >= 15 is 0 Å². The summed E-state index contributed by atoms with van der Waals surface area (Å²) in [6.07, 6.45) is 3.24. The lowest BCUT2D eigenvalue weighted by Gasteiger charge is -2.14. The molecule has 0 aliphatic carbocycles. The van der Waals surface area contributed by atoms with Gasteiger partial charge < -0.3 is 19.4 Å². The zero-order valence-corrected chi connectivity index (χ0v) is 15.6. The van der Waals surface area contributed by atoms with E-state index in [1.165, 1.54) is 20.1 Å². The van der Waals surface area contributed by atoms with Crippen molar-refractivity contribution in [2.75, 3.05) is 25.6 Å². The number of anilines is 1. The normalized spacial score (nSPS) is 11.6. The first kappa shape index (κ1) is 19.6. The molecule has 10 heteroatoms. The number of pyridine rings is 1. The van der Waals surface area contributed by atoms with Crippen molar-refractivity contribution in [2.45, 2.75) is 19.8 Å². The summed E-state index contributed by atoms with van der Waals surface area (Å²) in [6, 6.07) is 4.86. The standard InChI is InChI=1S/C18H19F2N5O3/c1-11(26)22-14-8-13-12(10-21-14)4-5-25(13)15-9-16(28-7-6-27-3)24-17(23-15)18(2,19)20/h4-5,8-10H,6-7H2,1-3H3,(H,21,22,26). The molecule has 0 fully saturated rings. The predicted molar refractivity (Wildman–Crippen MR) is 97.9 cm³/mol. The Labute approximate surface area is 159 Å². The Hall–Kier alpha value is -3.14. The summed E-state index contributed by atoms with van der Waals surface area (Å²) in [4.78, 5) is 23.2. The molecule has 0 atom stereocenters. The van der Waals surface area contributed by atoms with E-state index in [-0.39, 0.29) is 30.8 Å². The topological polar surface area (TPSA) is 91.2 Å². The van der Waals surface area contributed by atoms with Crippen LogP contribution in [0.2, 0.25) is 0 Å². The molecular weight excluding hydrogens is 372 g/mol. The third kappa shape index (κ3) is 4.39. The lowest BCUT2D eigenvalue weighted by molar-refractivity contribution is -0.114. The van der Waals surface area contributed by atoms with Gasteiger partial charge in [0.25, 0.3) is 0 Å². The number of hydrogen-bond donors (Lipinski definition) is 1. The molecule has 28 heavy (non-hydrogen) atoms. The number of rotatable bonds is 7. The average Bonchev–Trinajstić information content (AvgIpc) is 3.03. The van der Waals surface area contributed by atoms with Crippen LogP contribution in [0.4, 0.5) is 14.6 Å². The number of alkyl halides is 2. The molecule has 148 valence electrons. The van der Waals surface area contributed by atoms with Crippen LogP contribution in [0, 0.1) is 0 Å². The van der Waals surface area contributed by atoms with Gasteiger partial charge in [0.1, 0.15) is 18.2 Å². The van der Waals surface area contributed by atoms with Crippen molar-refractivity contribution in [1.82, 2.24) is 19.5 Å². The highest BCUT2D eigenvalue weighted by Crippen LogP contribution is 2.28. The number of nitrogens with one attached hydrogen (secondary N) is 1. The Bertz CT molecular complexity index is 1000. The molecule has 0 aliphatic heterocycles. The number of aromatic nitrogens is 4.